The maximum Gasteiger partial charge on any atom is 0.332 e. The lowest BCUT2D eigenvalue weighted by Crippen LogP contribution is -2.07. The van der Waals surface area contributed by atoms with Crippen molar-refractivity contribution in [3.05, 3.63) is 83.8 Å². The number of H-pyrrole nitrogens is 1. The van der Waals surface area contributed by atoms with Crippen molar-refractivity contribution in [2.24, 2.45) is 10.3 Å². The van der Waals surface area contributed by atoms with Gasteiger partial charge in [-0.3, -0.25) is 5.10 Å². The summed E-state index contributed by atoms with van der Waals surface area (Å²) in [5, 5.41) is 16.1. The van der Waals surface area contributed by atoms with Crippen molar-refractivity contribution in [1.29, 1.82) is 0 Å². The molecule has 0 fully saturated rings. The van der Waals surface area contributed by atoms with Crippen LogP contribution in [0.25, 0.3) is 16.6 Å². The zero-order chi connectivity index (χ0) is 26.9. The molecule has 2 aromatic carbocycles. The number of fused-ring (bicyclic) bond motifs is 1. The van der Waals surface area contributed by atoms with Gasteiger partial charge >= 0.3 is 11.9 Å². The van der Waals surface area contributed by atoms with Crippen LogP contribution in [0.15, 0.2) is 77.3 Å². The predicted octanol–water partition coefficient (Wildman–Crippen LogP) is 5.91. The van der Waals surface area contributed by atoms with Crippen LogP contribution in [0.5, 0.6) is 0 Å². The molecule has 4 aromatic rings. The standard InChI is InChI=1S/C29H31N5O4/c1-4-5-6-7-11-26(32-37-20(2)35)25-19-34(28-12-9-8-10-24(25)28)23-15-13-22(14-16-23)29(33-38-21(3)36)27-17-18-30-31-27/h8-10,12-19H,4-7,11H2,1-3H3,(H,30,31)/b32-26+,33-29-. The first kappa shape index (κ1) is 26.5. The van der Waals surface area contributed by atoms with E-state index in [1.807, 2.05) is 54.7 Å². The number of oxime groups is 2. The quantitative estimate of drug-likeness (QED) is 0.116. The third-order valence-electron chi connectivity index (χ3n) is 6.01. The number of hydrogen-bond donors (Lipinski definition) is 1. The van der Waals surface area contributed by atoms with E-state index in [1.54, 1.807) is 12.3 Å². The summed E-state index contributed by atoms with van der Waals surface area (Å²) >= 11 is 0. The van der Waals surface area contributed by atoms with E-state index in [-0.39, 0.29) is 0 Å². The molecule has 0 unspecified atom stereocenters. The van der Waals surface area contributed by atoms with Crippen LogP contribution in [-0.4, -0.2) is 38.1 Å². The van der Waals surface area contributed by atoms with Gasteiger partial charge in [0.25, 0.3) is 0 Å². The zero-order valence-corrected chi connectivity index (χ0v) is 21.8. The van der Waals surface area contributed by atoms with E-state index in [2.05, 4.69) is 32.0 Å². The Morgan fingerprint density at radius 2 is 1.66 bits per heavy atom. The number of unbranched alkanes of at least 4 members (excludes halogenated alkanes) is 3. The fraction of sp³-hybridized carbons (Fsp3) is 0.276. The van der Waals surface area contributed by atoms with Gasteiger partial charge < -0.3 is 14.2 Å². The minimum absolute atomic E-state index is 0.445. The second-order valence-corrected chi connectivity index (χ2v) is 8.90. The molecule has 9 nitrogen and oxygen atoms in total. The van der Waals surface area contributed by atoms with E-state index in [9.17, 15) is 9.59 Å². The van der Waals surface area contributed by atoms with Crippen LogP contribution in [0.1, 0.15) is 69.7 Å². The predicted molar refractivity (Wildman–Crippen MR) is 146 cm³/mol. The molecule has 0 spiro atoms. The average Bonchev–Trinajstić information content (AvgIpc) is 3.58. The Labute approximate surface area is 221 Å². The van der Waals surface area contributed by atoms with E-state index >= 15 is 0 Å². The molecule has 0 radical (unpaired) electrons. The van der Waals surface area contributed by atoms with Gasteiger partial charge in [-0.1, -0.05) is 66.8 Å². The van der Waals surface area contributed by atoms with Gasteiger partial charge in [0.1, 0.15) is 5.71 Å². The van der Waals surface area contributed by atoms with Gasteiger partial charge in [0.2, 0.25) is 0 Å². The molecule has 9 heteroatoms. The lowest BCUT2D eigenvalue weighted by Gasteiger charge is -2.08. The normalized spacial score (nSPS) is 12.1. The van der Waals surface area contributed by atoms with Crippen molar-refractivity contribution in [1.82, 2.24) is 14.8 Å². The van der Waals surface area contributed by atoms with Gasteiger partial charge in [0.05, 0.1) is 16.9 Å². The molecule has 0 aliphatic heterocycles. The number of para-hydroxylation sites is 1. The van der Waals surface area contributed by atoms with Crippen LogP contribution in [-0.2, 0) is 19.3 Å². The van der Waals surface area contributed by atoms with Crippen LogP contribution < -0.4 is 0 Å². The Bertz CT molecular complexity index is 1450. The first-order valence-corrected chi connectivity index (χ1v) is 12.7. The Morgan fingerprint density at radius 3 is 2.34 bits per heavy atom. The number of nitrogens with one attached hydrogen (secondary N) is 1. The van der Waals surface area contributed by atoms with Crippen molar-refractivity contribution in [3.8, 4) is 5.69 Å². The molecule has 0 aliphatic rings. The topological polar surface area (TPSA) is 111 Å². The largest absolute Gasteiger partial charge is 0.332 e. The van der Waals surface area contributed by atoms with Crippen molar-refractivity contribution >= 4 is 34.3 Å². The summed E-state index contributed by atoms with van der Waals surface area (Å²) in [6.07, 6.45) is 8.68. The summed E-state index contributed by atoms with van der Waals surface area (Å²) in [4.78, 5) is 32.9. The Morgan fingerprint density at radius 1 is 0.921 bits per heavy atom. The van der Waals surface area contributed by atoms with Crippen molar-refractivity contribution in [2.45, 2.75) is 52.9 Å². The summed E-state index contributed by atoms with van der Waals surface area (Å²) in [6.45, 7) is 4.83. The summed E-state index contributed by atoms with van der Waals surface area (Å²) in [5.74, 6) is -0.954. The van der Waals surface area contributed by atoms with E-state index < -0.39 is 11.9 Å². The summed E-state index contributed by atoms with van der Waals surface area (Å²) in [6, 6.07) is 17.6. The van der Waals surface area contributed by atoms with Crippen LogP contribution in [0.2, 0.25) is 0 Å². The minimum Gasteiger partial charge on any atom is -0.318 e. The number of hydrogen-bond acceptors (Lipinski definition) is 7. The van der Waals surface area contributed by atoms with Gasteiger partial charge in [0, 0.05) is 48.4 Å². The van der Waals surface area contributed by atoms with Gasteiger partial charge in [-0.25, -0.2) is 9.59 Å². The average molecular weight is 514 g/mol. The number of rotatable bonds is 11. The molecule has 0 bridgehead atoms. The second-order valence-electron chi connectivity index (χ2n) is 8.90. The van der Waals surface area contributed by atoms with Gasteiger partial charge in [-0.2, -0.15) is 5.10 Å². The second kappa shape index (κ2) is 12.6. The lowest BCUT2D eigenvalue weighted by atomic mass is 10.0. The number of aromatic amines is 1. The molecule has 0 atom stereocenters. The highest BCUT2D eigenvalue weighted by molar-refractivity contribution is 6.12. The highest BCUT2D eigenvalue weighted by atomic mass is 16.7. The van der Waals surface area contributed by atoms with Crippen molar-refractivity contribution in [2.75, 3.05) is 0 Å². The third kappa shape index (κ3) is 6.42. The maximum absolute atomic E-state index is 11.5. The molecular weight excluding hydrogens is 482 g/mol. The Kier molecular flexibility index (Phi) is 8.81. The number of carbonyl (C=O) groups is 2. The summed E-state index contributed by atoms with van der Waals surface area (Å²) in [7, 11) is 0. The first-order chi connectivity index (χ1) is 18.5. The van der Waals surface area contributed by atoms with Crippen molar-refractivity contribution in [3.63, 3.8) is 0 Å². The van der Waals surface area contributed by atoms with Crippen molar-refractivity contribution < 1.29 is 19.3 Å². The number of nitrogens with zero attached hydrogens (tertiary/aromatic N) is 4. The van der Waals surface area contributed by atoms with E-state index in [0.717, 1.165) is 59.1 Å². The minimum atomic E-state index is -0.508. The highest BCUT2D eigenvalue weighted by Crippen LogP contribution is 2.27. The Hall–Kier alpha value is -4.53. The molecule has 196 valence electrons. The Balaban J connectivity index is 1.72. The van der Waals surface area contributed by atoms with Crippen LogP contribution in [0.3, 0.4) is 0 Å². The maximum atomic E-state index is 11.5. The van der Waals surface area contributed by atoms with Crippen LogP contribution in [0, 0.1) is 0 Å². The lowest BCUT2D eigenvalue weighted by molar-refractivity contribution is -0.141. The van der Waals surface area contributed by atoms with Gasteiger partial charge in [-0.05, 0) is 37.1 Å². The monoisotopic (exact) mass is 513 g/mol. The smallest absolute Gasteiger partial charge is 0.318 e. The van der Waals surface area contributed by atoms with E-state index in [1.165, 1.54) is 13.8 Å². The first-order valence-electron chi connectivity index (χ1n) is 12.7. The van der Waals surface area contributed by atoms with Crippen LogP contribution >= 0.6 is 0 Å². The number of carbonyl (C=O) groups excluding carboxylic acids is 2. The van der Waals surface area contributed by atoms with E-state index in [0.29, 0.717) is 17.8 Å². The number of aromatic nitrogens is 3. The van der Waals surface area contributed by atoms with Gasteiger partial charge in [0.15, 0.2) is 0 Å². The molecule has 2 aromatic heterocycles. The molecule has 0 saturated carbocycles. The SMILES string of the molecule is CCCCCC/C(=N\OC(C)=O)c1cn(-c2ccc(/C(=N/OC(C)=O)c3ccn[nH]3)cc2)c2ccccc12. The molecule has 0 amide bonds. The fourth-order valence-corrected chi connectivity index (χ4v) is 4.23. The molecule has 0 aliphatic carbocycles. The number of benzene rings is 2. The third-order valence-corrected chi connectivity index (χ3v) is 6.01. The molecule has 2 heterocycles. The van der Waals surface area contributed by atoms with Crippen LogP contribution in [0.4, 0.5) is 0 Å². The summed E-state index contributed by atoms with van der Waals surface area (Å²) < 4.78 is 2.09. The fourth-order valence-electron chi connectivity index (χ4n) is 4.23. The molecule has 4 rings (SSSR count). The summed E-state index contributed by atoms with van der Waals surface area (Å²) in [5.41, 5.74) is 5.44. The molecule has 1 N–H and O–H groups in total. The zero-order valence-electron chi connectivity index (χ0n) is 21.8. The van der Waals surface area contributed by atoms with Gasteiger partial charge in [-0.15, -0.1) is 0 Å². The van der Waals surface area contributed by atoms with E-state index in [4.69, 9.17) is 9.68 Å². The molecular formula is C29H31N5O4. The molecule has 38 heavy (non-hydrogen) atoms. The highest BCUT2D eigenvalue weighted by Gasteiger charge is 2.17. The molecule has 0 saturated heterocycles.